The highest BCUT2D eigenvalue weighted by atomic mass is 19.1. The lowest BCUT2D eigenvalue weighted by Crippen LogP contribution is -2.59. The molecule has 2 saturated carbocycles. The molecule has 2 aliphatic carbocycles. The number of β-amino-alcohol motifs (C(OH)–C–C–N with tert-alkyl or cyclic N) is 1. The van der Waals surface area contributed by atoms with Gasteiger partial charge in [0.2, 0.25) is 17.6 Å². The number of phenols is 1. The summed E-state index contributed by atoms with van der Waals surface area (Å²) >= 11 is 0. The highest BCUT2D eigenvalue weighted by Gasteiger charge is 2.56. The average Bonchev–Trinajstić information content (AvgIpc) is 4.26. The quantitative estimate of drug-likeness (QED) is 0.0863. The summed E-state index contributed by atoms with van der Waals surface area (Å²) in [6.07, 6.45) is 12.3. The van der Waals surface area contributed by atoms with Gasteiger partial charge in [0, 0.05) is 79.3 Å². The number of para-hydroxylation sites is 1. The van der Waals surface area contributed by atoms with E-state index in [2.05, 4.69) is 47.9 Å². The minimum Gasteiger partial charge on any atom is -0.507 e. The van der Waals surface area contributed by atoms with Crippen LogP contribution < -0.4 is 25.8 Å². The lowest BCUT2D eigenvalue weighted by atomic mass is 9.52. The number of aliphatic hydroxyl groups is 1. The van der Waals surface area contributed by atoms with Crippen molar-refractivity contribution in [1.82, 2.24) is 40.6 Å². The van der Waals surface area contributed by atoms with Gasteiger partial charge in [-0.3, -0.25) is 4.79 Å². The maximum atomic E-state index is 14.5. The smallest absolute Gasteiger partial charge is 0.254 e. The van der Waals surface area contributed by atoms with Crippen molar-refractivity contribution in [2.24, 2.45) is 16.3 Å². The first-order valence-electron chi connectivity index (χ1n) is 27.8. The SMILES string of the molecule is CC(C)[C@@H](C(=O)N1C[C@H](O)C[C@H]1C1=N[C@](C)(c2ccc(-c3ccccc3F)cc2)ON1)c1cc(OC2CC3(C2)CC(N2CCC(c4cnc(N5C6CCC5CN(c5cc(-c7ccccc7O)nnc5N)C6)nc4)CC2)C3)no1. The Bertz CT molecular complexity index is 3200. The number of ether oxygens (including phenoxy) is 1. The second-order valence-corrected chi connectivity index (χ2v) is 23.5. The number of halogens is 1. The molecule has 406 valence electrons. The number of rotatable bonds is 13. The third-order valence-corrected chi connectivity index (χ3v) is 18.1. The van der Waals surface area contributed by atoms with E-state index < -0.39 is 23.8 Å². The van der Waals surface area contributed by atoms with Crippen LogP contribution >= 0.6 is 0 Å². The zero-order chi connectivity index (χ0) is 53.5. The summed E-state index contributed by atoms with van der Waals surface area (Å²) in [7, 11) is 0. The fourth-order valence-electron chi connectivity index (χ4n) is 13.9. The first kappa shape index (κ1) is 50.3. The minimum atomic E-state index is -1.11. The predicted octanol–water partition coefficient (Wildman–Crippen LogP) is 7.95. The zero-order valence-corrected chi connectivity index (χ0v) is 44.3. The van der Waals surface area contributed by atoms with Crippen molar-refractivity contribution in [2.75, 3.05) is 48.3 Å². The molecule has 18 nitrogen and oxygen atoms in total. The standard InChI is InChI=1S/C59H67FN12O6/c1-34(2)53(56(75)71-33-42(73)22-49(71)55-64-58(3,78-68-55)38-14-12-36(13-15-38)44-8-4-6-10-46(44)60)51-24-52(67-77-51)76-43-27-59(28-43)25-41(26-59)69-20-18-35(19-21-69)37-29-62-57(63-30-37)72-39-16-17-40(72)32-70(31-39)48-23-47(65-66-54(48)61)45-9-5-7-11-50(45)74/h4-15,23-24,29-30,34-35,39-43,49,53,73-74H,16-22,25-28,31-33H2,1-3H3,(H2,61,66)(H,64,68)/t39?,40?,41?,42-,43?,49+,53-,58+,59?/m1/s1. The number of fused-ring (bicyclic) bond motifs is 2. The molecule has 13 rings (SSSR count). The number of aromatic nitrogens is 5. The van der Waals surface area contributed by atoms with E-state index in [1.165, 1.54) is 24.5 Å². The minimum absolute atomic E-state index is 0.0429. The number of anilines is 3. The van der Waals surface area contributed by atoms with Crippen molar-refractivity contribution in [3.63, 3.8) is 0 Å². The van der Waals surface area contributed by atoms with Crippen molar-refractivity contribution in [1.29, 1.82) is 0 Å². The Morgan fingerprint density at radius 2 is 1.58 bits per heavy atom. The van der Waals surface area contributed by atoms with E-state index in [4.69, 9.17) is 34.8 Å². The number of hydrogen-bond donors (Lipinski definition) is 4. The van der Waals surface area contributed by atoms with E-state index >= 15 is 0 Å². The van der Waals surface area contributed by atoms with Crippen molar-refractivity contribution in [2.45, 2.75) is 132 Å². The number of nitrogen functional groups attached to an aromatic ring is 1. The van der Waals surface area contributed by atoms with Gasteiger partial charge in [-0.05, 0) is 129 Å². The normalized spacial score (nSPS) is 28.4. The van der Waals surface area contributed by atoms with Crippen LogP contribution in [-0.4, -0.2) is 126 Å². The summed E-state index contributed by atoms with van der Waals surface area (Å²) in [6, 6.07) is 25.4. The number of aliphatic imine (C=N–C) groups is 1. The van der Waals surface area contributed by atoms with Gasteiger partial charge in [-0.1, -0.05) is 68.4 Å². The Hall–Kier alpha value is -7.22. The van der Waals surface area contributed by atoms with Crippen LogP contribution in [0.1, 0.15) is 107 Å². The van der Waals surface area contributed by atoms with Gasteiger partial charge in [-0.15, -0.1) is 10.2 Å². The monoisotopic (exact) mass is 1060 g/mol. The molecule has 4 saturated heterocycles. The molecule has 1 amide bonds. The molecule has 0 radical (unpaired) electrons. The fraction of sp³-hybridized carbons (Fsp3) is 0.475. The first-order chi connectivity index (χ1) is 37.8. The summed E-state index contributed by atoms with van der Waals surface area (Å²) in [5.74, 6) is 1.78. The highest BCUT2D eigenvalue weighted by molar-refractivity contribution is 5.94. The van der Waals surface area contributed by atoms with Gasteiger partial charge in [0.15, 0.2) is 11.6 Å². The van der Waals surface area contributed by atoms with Gasteiger partial charge in [-0.2, -0.15) is 0 Å². The van der Waals surface area contributed by atoms with Gasteiger partial charge in [0.25, 0.3) is 5.88 Å². The lowest BCUT2D eigenvalue weighted by molar-refractivity contribution is -0.134. The molecule has 5 N–H and O–H groups in total. The maximum Gasteiger partial charge on any atom is 0.254 e. The van der Waals surface area contributed by atoms with Crippen molar-refractivity contribution < 1.29 is 33.5 Å². The van der Waals surface area contributed by atoms with Crippen LogP contribution in [0, 0.1) is 17.2 Å². The number of piperazine rings is 1. The molecule has 2 bridgehead atoms. The molecule has 3 aromatic carbocycles. The summed E-state index contributed by atoms with van der Waals surface area (Å²) in [4.78, 5) is 44.5. The van der Waals surface area contributed by atoms with Crippen LogP contribution in [0.2, 0.25) is 0 Å². The van der Waals surface area contributed by atoms with Crippen LogP contribution in [0.5, 0.6) is 11.6 Å². The Labute approximate surface area is 452 Å². The van der Waals surface area contributed by atoms with Crippen LogP contribution in [0.4, 0.5) is 21.8 Å². The number of phenolic OH excluding ortho intramolecular Hbond substituents is 1. The third-order valence-electron chi connectivity index (χ3n) is 18.1. The van der Waals surface area contributed by atoms with E-state index in [9.17, 15) is 19.4 Å². The van der Waals surface area contributed by atoms with Crippen LogP contribution in [0.3, 0.4) is 0 Å². The molecule has 19 heteroatoms. The Balaban J connectivity index is 0.573. The molecule has 6 fully saturated rings. The lowest BCUT2D eigenvalue weighted by Gasteiger charge is -2.60. The number of aromatic hydroxyl groups is 1. The average molecular weight is 1060 g/mol. The summed E-state index contributed by atoms with van der Waals surface area (Å²) in [6.45, 7) is 9.61. The molecular weight excluding hydrogens is 992 g/mol. The number of likely N-dealkylation sites (tertiary alicyclic amines) is 2. The largest absolute Gasteiger partial charge is 0.507 e. The Kier molecular flexibility index (Phi) is 12.8. The number of hydrogen-bond acceptors (Lipinski definition) is 17. The van der Waals surface area contributed by atoms with Gasteiger partial charge in [0.05, 0.1) is 23.5 Å². The number of carbonyl (C=O) groups excluding carboxylic acids is 1. The van der Waals surface area contributed by atoms with Crippen molar-refractivity contribution in [3.8, 4) is 34.0 Å². The van der Waals surface area contributed by atoms with Crippen LogP contribution in [-0.2, 0) is 15.4 Å². The number of nitrogens with zero attached hydrogens (tertiary/aromatic N) is 10. The van der Waals surface area contributed by atoms with E-state index in [1.54, 1.807) is 41.3 Å². The Morgan fingerprint density at radius 1 is 0.872 bits per heavy atom. The van der Waals surface area contributed by atoms with Crippen LogP contribution in [0.25, 0.3) is 22.4 Å². The third kappa shape index (κ3) is 9.25. The number of carbonyl (C=O) groups is 1. The second kappa shape index (κ2) is 19.9. The zero-order valence-electron chi connectivity index (χ0n) is 44.3. The maximum absolute atomic E-state index is 14.5. The molecule has 78 heavy (non-hydrogen) atoms. The molecule has 5 aliphatic heterocycles. The molecule has 2 unspecified atom stereocenters. The summed E-state index contributed by atoms with van der Waals surface area (Å²) < 4.78 is 26.8. The van der Waals surface area contributed by atoms with Gasteiger partial charge in [-0.25, -0.2) is 29.7 Å². The second-order valence-electron chi connectivity index (χ2n) is 23.5. The Morgan fingerprint density at radius 3 is 2.28 bits per heavy atom. The van der Waals surface area contributed by atoms with E-state index in [1.807, 2.05) is 63.2 Å². The molecule has 7 aliphatic rings. The van der Waals surface area contributed by atoms with E-state index in [0.717, 1.165) is 87.5 Å². The van der Waals surface area contributed by atoms with Gasteiger partial charge >= 0.3 is 0 Å². The molecular formula is C59H67FN12O6. The first-order valence-corrected chi connectivity index (χ1v) is 27.8. The number of hydroxylamine groups is 1. The number of nitrogens with one attached hydrogen (secondary N) is 1. The van der Waals surface area contributed by atoms with E-state index in [-0.39, 0.29) is 48.1 Å². The summed E-state index contributed by atoms with van der Waals surface area (Å²) in [5.41, 5.74) is 13.8. The molecule has 3 aromatic heterocycles. The molecule has 8 heterocycles. The predicted molar refractivity (Wildman–Crippen MR) is 291 cm³/mol. The highest BCUT2D eigenvalue weighted by Crippen LogP contribution is 2.58. The van der Waals surface area contributed by atoms with E-state index in [0.29, 0.717) is 63.9 Å². The topological polar surface area (TPSA) is 217 Å². The number of amides is 1. The number of amidine groups is 1. The van der Waals surface area contributed by atoms with Crippen LogP contribution in [0.15, 0.2) is 107 Å². The molecule has 6 aromatic rings. The van der Waals surface area contributed by atoms with Crippen molar-refractivity contribution >= 4 is 29.2 Å². The van der Waals surface area contributed by atoms with Crippen molar-refractivity contribution in [3.05, 3.63) is 120 Å². The number of piperidine rings is 1. The fourth-order valence-corrected chi connectivity index (χ4v) is 13.9. The molecule has 1 spiro atoms. The number of benzene rings is 3. The van der Waals surface area contributed by atoms with Gasteiger partial charge < -0.3 is 44.8 Å². The van der Waals surface area contributed by atoms with Gasteiger partial charge in [0.1, 0.15) is 29.4 Å². The molecule has 6 atom stereocenters. The summed E-state index contributed by atoms with van der Waals surface area (Å²) in [5, 5.41) is 34.2. The number of nitrogens with two attached hydrogens (primary N) is 1. The number of aliphatic hydroxyl groups excluding tert-OH is 1.